The molecule has 0 radical (unpaired) electrons. The van der Waals surface area contributed by atoms with Crippen LogP contribution >= 0.6 is 11.8 Å². The van der Waals surface area contributed by atoms with E-state index in [1.54, 1.807) is 26.2 Å². The molecular formula is C21H23F3N2O3S. The van der Waals surface area contributed by atoms with Gasteiger partial charge in [0, 0.05) is 18.0 Å². The van der Waals surface area contributed by atoms with Gasteiger partial charge in [0.1, 0.15) is 5.75 Å². The molecule has 1 amide bonds. The molecule has 9 heteroatoms. The number of nitrogens with zero attached hydrogens (tertiary/aromatic N) is 1. The van der Waals surface area contributed by atoms with Crippen LogP contribution in [-0.2, 0) is 15.7 Å². The van der Waals surface area contributed by atoms with Crippen LogP contribution in [0.25, 0.3) is 0 Å². The summed E-state index contributed by atoms with van der Waals surface area (Å²) in [6.07, 6.45) is -4.49. The van der Waals surface area contributed by atoms with Crippen LogP contribution in [-0.4, -0.2) is 44.6 Å². The Morgan fingerprint density at radius 3 is 2.43 bits per heavy atom. The second-order valence-electron chi connectivity index (χ2n) is 6.75. The van der Waals surface area contributed by atoms with Gasteiger partial charge in [-0.2, -0.15) is 13.2 Å². The van der Waals surface area contributed by atoms with Crippen LogP contribution in [0.2, 0.25) is 0 Å². The zero-order valence-corrected chi connectivity index (χ0v) is 17.5. The number of benzene rings is 2. The first-order valence-electron chi connectivity index (χ1n) is 9.43. The molecule has 30 heavy (non-hydrogen) atoms. The van der Waals surface area contributed by atoms with Crippen molar-refractivity contribution in [2.75, 3.05) is 43.6 Å². The summed E-state index contributed by atoms with van der Waals surface area (Å²) in [6.45, 7) is 3.78. The first-order chi connectivity index (χ1) is 14.3. The fourth-order valence-electron chi connectivity index (χ4n) is 3.04. The van der Waals surface area contributed by atoms with Crippen molar-refractivity contribution >= 4 is 29.0 Å². The minimum atomic E-state index is -4.49. The molecule has 5 nitrogen and oxygen atoms in total. The summed E-state index contributed by atoms with van der Waals surface area (Å²) in [5.41, 5.74) is -0.0922. The average Bonchev–Trinajstić information content (AvgIpc) is 2.74. The standard InChI is InChI=1S/C21H23F3N2O3S/c1-14(30-17-6-4-16(28-2)5-7-17)20(27)25-18-13-15(21(22,23)24)3-8-19(18)26-9-11-29-12-10-26/h3-8,13-14H,9-12H2,1-2H3,(H,25,27). The molecule has 0 saturated carbocycles. The second kappa shape index (κ2) is 9.61. The fourth-order valence-corrected chi connectivity index (χ4v) is 3.91. The van der Waals surface area contributed by atoms with E-state index in [2.05, 4.69) is 5.32 Å². The molecule has 2 aromatic carbocycles. The third-order valence-electron chi connectivity index (χ3n) is 4.68. The highest BCUT2D eigenvalue weighted by atomic mass is 32.2. The highest BCUT2D eigenvalue weighted by Gasteiger charge is 2.32. The number of alkyl halides is 3. The van der Waals surface area contributed by atoms with Crippen molar-refractivity contribution in [3.05, 3.63) is 48.0 Å². The van der Waals surface area contributed by atoms with Crippen molar-refractivity contribution in [2.45, 2.75) is 23.2 Å². The number of thioether (sulfide) groups is 1. The van der Waals surface area contributed by atoms with Crippen LogP contribution in [0.3, 0.4) is 0 Å². The first kappa shape index (κ1) is 22.3. The molecule has 0 bridgehead atoms. The summed E-state index contributed by atoms with van der Waals surface area (Å²) in [6, 6.07) is 10.7. The van der Waals surface area contributed by atoms with Crippen molar-refractivity contribution in [3.8, 4) is 5.75 Å². The van der Waals surface area contributed by atoms with Gasteiger partial charge in [-0.15, -0.1) is 11.8 Å². The number of nitrogens with one attached hydrogen (secondary N) is 1. The molecule has 1 atom stereocenters. The minimum absolute atomic E-state index is 0.152. The first-order valence-corrected chi connectivity index (χ1v) is 10.3. The Kier molecular flexibility index (Phi) is 7.14. The molecule has 0 spiro atoms. The maximum Gasteiger partial charge on any atom is 0.416 e. The molecule has 0 aliphatic carbocycles. The van der Waals surface area contributed by atoms with Crippen molar-refractivity contribution < 1.29 is 27.4 Å². The molecule has 1 heterocycles. The Morgan fingerprint density at radius 2 is 1.83 bits per heavy atom. The van der Waals surface area contributed by atoms with Crippen LogP contribution < -0.4 is 15.0 Å². The van der Waals surface area contributed by atoms with Crippen LogP contribution in [0.15, 0.2) is 47.4 Å². The lowest BCUT2D eigenvalue weighted by atomic mass is 10.1. The van der Waals surface area contributed by atoms with Gasteiger partial charge in [0.05, 0.1) is 42.5 Å². The normalized spacial score (nSPS) is 15.6. The van der Waals surface area contributed by atoms with Gasteiger partial charge in [0.25, 0.3) is 0 Å². The monoisotopic (exact) mass is 440 g/mol. The smallest absolute Gasteiger partial charge is 0.416 e. The van der Waals surface area contributed by atoms with E-state index < -0.39 is 17.0 Å². The number of amides is 1. The zero-order chi connectivity index (χ0) is 21.7. The van der Waals surface area contributed by atoms with Crippen molar-refractivity contribution in [3.63, 3.8) is 0 Å². The van der Waals surface area contributed by atoms with Gasteiger partial charge in [0.2, 0.25) is 5.91 Å². The molecule has 1 unspecified atom stereocenters. The second-order valence-corrected chi connectivity index (χ2v) is 8.17. The Bertz CT molecular complexity index is 869. The van der Waals surface area contributed by atoms with Crippen LogP contribution in [0.4, 0.5) is 24.5 Å². The number of anilines is 2. The van der Waals surface area contributed by atoms with Gasteiger partial charge in [-0.05, 0) is 49.4 Å². The van der Waals surface area contributed by atoms with Gasteiger partial charge in [-0.3, -0.25) is 4.79 Å². The van der Waals surface area contributed by atoms with Gasteiger partial charge in [-0.25, -0.2) is 0 Å². The van der Waals surface area contributed by atoms with E-state index in [0.717, 1.165) is 17.0 Å². The lowest BCUT2D eigenvalue weighted by Gasteiger charge is -2.31. The summed E-state index contributed by atoms with van der Waals surface area (Å²) in [5.74, 6) is 0.334. The third kappa shape index (κ3) is 5.60. The summed E-state index contributed by atoms with van der Waals surface area (Å²) in [7, 11) is 1.57. The van der Waals surface area contributed by atoms with Crippen LogP contribution in [0.5, 0.6) is 5.75 Å². The van der Waals surface area contributed by atoms with Gasteiger partial charge < -0.3 is 19.7 Å². The maximum absolute atomic E-state index is 13.2. The molecule has 1 aliphatic rings. The molecule has 1 N–H and O–H groups in total. The highest BCUT2D eigenvalue weighted by Crippen LogP contribution is 2.36. The number of hydrogen-bond donors (Lipinski definition) is 1. The Labute approximate surface area is 177 Å². The average molecular weight is 440 g/mol. The number of ether oxygens (including phenoxy) is 2. The topological polar surface area (TPSA) is 50.8 Å². The summed E-state index contributed by atoms with van der Waals surface area (Å²) >= 11 is 1.32. The molecule has 2 aromatic rings. The Morgan fingerprint density at radius 1 is 1.17 bits per heavy atom. The molecule has 1 fully saturated rings. The minimum Gasteiger partial charge on any atom is -0.497 e. The van der Waals surface area contributed by atoms with Crippen LogP contribution in [0.1, 0.15) is 12.5 Å². The quantitative estimate of drug-likeness (QED) is 0.662. The predicted octanol–water partition coefficient (Wildman–Crippen LogP) is 4.67. The number of morpholine rings is 1. The molecule has 162 valence electrons. The number of methoxy groups -OCH3 is 1. The van der Waals surface area contributed by atoms with E-state index in [4.69, 9.17) is 9.47 Å². The highest BCUT2D eigenvalue weighted by molar-refractivity contribution is 8.00. The lowest BCUT2D eigenvalue weighted by molar-refractivity contribution is -0.137. The lowest BCUT2D eigenvalue weighted by Crippen LogP contribution is -2.37. The molecule has 0 aromatic heterocycles. The summed E-state index contributed by atoms with van der Waals surface area (Å²) < 4.78 is 50.1. The Balaban J connectivity index is 1.78. The number of carbonyl (C=O) groups is 1. The summed E-state index contributed by atoms with van der Waals surface area (Å²) in [4.78, 5) is 15.5. The molecule has 1 aliphatic heterocycles. The maximum atomic E-state index is 13.2. The van der Waals surface area contributed by atoms with Crippen LogP contribution in [0, 0.1) is 0 Å². The fraction of sp³-hybridized carbons (Fsp3) is 0.381. The number of rotatable bonds is 6. The van der Waals surface area contributed by atoms with E-state index >= 15 is 0 Å². The number of hydrogen-bond acceptors (Lipinski definition) is 5. The zero-order valence-electron chi connectivity index (χ0n) is 16.7. The van der Waals surface area contributed by atoms with Crippen molar-refractivity contribution in [1.82, 2.24) is 0 Å². The van der Waals surface area contributed by atoms with Gasteiger partial charge in [0.15, 0.2) is 0 Å². The number of halogens is 3. The van der Waals surface area contributed by atoms with Crippen molar-refractivity contribution in [2.24, 2.45) is 0 Å². The van der Waals surface area contributed by atoms with E-state index in [-0.39, 0.29) is 11.6 Å². The van der Waals surface area contributed by atoms with E-state index in [0.29, 0.717) is 37.7 Å². The molecular weight excluding hydrogens is 417 g/mol. The van der Waals surface area contributed by atoms with Gasteiger partial charge >= 0.3 is 6.18 Å². The predicted molar refractivity (Wildman–Crippen MR) is 111 cm³/mol. The molecule has 1 saturated heterocycles. The van der Waals surface area contributed by atoms with E-state index in [1.807, 2.05) is 17.0 Å². The SMILES string of the molecule is COc1ccc(SC(C)C(=O)Nc2cc(C(F)(F)F)ccc2N2CCOCC2)cc1. The van der Waals surface area contributed by atoms with Gasteiger partial charge in [-0.1, -0.05) is 0 Å². The number of carbonyl (C=O) groups excluding carboxylic acids is 1. The van der Waals surface area contributed by atoms with Crippen molar-refractivity contribution in [1.29, 1.82) is 0 Å². The molecule has 3 rings (SSSR count). The largest absolute Gasteiger partial charge is 0.497 e. The summed E-state index contributed by atoms with van der Waals surface area (Å²) in [5, 5.41) is 2.19. The third-order valence-corrected chi connectivity index (χ3v) is 5.79. The Hall–Kier alpha value is -2.39. The van der Waals surface area contributed by atoms with E-state index in [1.165, 1.54) is 17.8 Å². The van der Waals surface area contributed by atoms with E-state index in [9.17, 15) is 18.0 Å².